The van der Waals surface area contributed by atoms with Gasteiger partial charge in [-0.15, -0.1) is 0 Å². The predicted octanol–water partition coefficient (Wildman–Crippen LogP) is 0.514. The molecule has 0 bridgehead atoms. The third kappa shape index (κ3) is 4.00. The number of nitrogens with one attached hydrogen (secondary N) is 2. The molecule has 0 saturated carbocycles. The van der Waals surface area contributed by atoms with Crippen LogP contribution >= 0.6 is 0 Å². The van der Waals surface area contributed by atoms with Gasteiger partial charge in [0.1, 0.15) is 18.0 Å². The van der Waals surface area contributed by atoms with Crippen LogP contribution in [0.3, 0.4) is 0 Å². The minimum absolute atomic E-state index is 0.550. The molecular formula is C10H20N6. The van der Waals surface area contributed by atoms with E-state index in [1.807, 2.05) is 0 Å². The van der Waals surface area contributed by atoms with Gasteiger partial charge in [0, 0.05) is 25.2 Å². The number of likely N-dealkylation sites (N-methyl/N-ethyl adjacent to an activating group) is 1. The Morgan fingerprint density at radius 2 is 2.06 bits per heavy atom. The lowest BCUT2D eigenvalue weighted by Crippen LogP contribution is -2.31. The van der Waals surface area contributed by atoms with Crippen LogP contribution < -0.4 is 16.6 Å². The SMILES string of the molecule is CC(C)N(C)CCNc1cc(NN)ncn1. The van der Waals surface area contributed by atoms with Crippen LogP contribution in [0.1, 0.15) is 13.8 Å². The molecule has 0 radical (unpaired) electrons. The summed E-state index contributed by atoms with van der Waals surface area (Å²) in [5, 5.41) is 3.22. The van der Waals surface area contributed by atoms with E-state index in [4.69, 9.17) is 5.84 Å². The summed E-state index contributed by atoms with van der Waals surface area (Å²) >= 11 is 0. The maximum atomic E-state index is 5.26. The highest BCUT2D eigenvalue weighted by Gasteiger charge is 2.02. The molecule has 1 aromatic rings. The first kappa shape index (κ1) is 12.7. The Hall–Kier alpha value is -1.40. The van der Waals surface area contributed by atoms with Crippen LogP contribution in [0.5, 0.6) is 0 Å². The van der Waals surface area contributed by atoms with E-state index in [2.05, 4.69) is 46.5 Å². The van der Waals surface area contributed by atoms with Gasteiger partial charge >= 0.3 is 0 Å². The Bertz CT molecular complexity index is 314. The lowest BCUT2D eigenvalue weighted by molar-refractivity contribution is 0.284. The summed E-state index contributed by atoms with van der Waals surface area (Å²) in [7, 11) is 2.10. The number of hydrazine groups is 1. The molecule has 0 atom stereocenters. The highest BCUT2D eigenvalue weighted by atomic mass is 15.3. The van der Waals surface area contributed by atoms with E-state index >= 15 is 0 Å². The molecule has 0 spiro atoms. The minimum atomic E-state index is 0.550. The van der Waals surface area contributed by atoms with E-state index in [1.165, 1.54) is 6.33 Å². The zero-order chi connectivity index (χ0) is 12.0. The van der Waals surface area contributed by atoms with Crippen molar-refractivity contribution in [1.82, 2.24) is 14.9 Å². The second-order valence-electron chi connectivity index (χ2n) is 3.93. The van der Waals surface area contributed by atoms with Crippen LogP contribution in [-0.4, -0.2) is 41.0 Å². The van der Waals surface area contributed by atoms with Crippen molar-refractivity contribution in [2.24, 2.45) is 5.84 Å². The lowest BCUT2D eigenvalue weighted by Gasteiger charge is -2.21. The highest BCUT2D eigenvalue weighted by molar-refractivity contribution is 5.45. The zero-order valence-corrected chi connectivity index (χ0v) is 10.1. The molecule has 0 aliphatic heterocycles. The molecule has 0 aromatic carbocycles. The molecule has 6 heteroatoms. The molecule has 0 saturated heterocycles. The summed E-state index contributed by atoms with van der Waals surface area (Å²) in [5.41, 5.74) is 2.48. The first-order valence-corrected chi connectivity index (χ1v) is 5.36. The summed E-state index contributed by atoms with van der Waals surface area (Å²) in [6.07, 6.45) is 1.48. The van der Waals surface area contributed by atoms with Crippen molar-refractivity contribution in [3.05, 3.63) is 12.4 Å². The third-order valence-electron chi connectivity index (χ3n) is 2.47. The number of aromatic nitrogens is 2. The van der Waals surface area contributed by atoms with Gasteiger partial charge in [0.15, 0.2) is 0 Å². The third-order valence-corrected chi connectivity index (χ3v) is 2.47. The fourth-order valence-corrected chi connectivity index (χ4v) is 1.15. The summed E-state index contributed by atoms with van der Waals surface area (Å²) in [6, 6.07) is 2.32. The second-order valence-corrected chi connectivity index (χ2v) is 3.93. The maximum Gasteiger partial charge on any atom is 0.145 e. The molecule has 16 heavy (non-hydrogen) atoms. The van der Waals surface area contributed by atoms with Gasteiger partial charge in [-0.3, -0.25) is 0 Å². The number of rotatable bonds is 6. The molecule has 0 unspecified atom stereocenters. The van der Waals surface area contributed by atoms with Crippen molar-refractivity contribution in [2.75, 3.05) is 30.9 Å². The van der Waals surface area contributed by atoms with Crippen LogP contribution in [0, 0.1) is 0 Å². The van der Waals surface area contributed by atoms with Crippen LogP contribution in [0.25, 0.3) is 0 Å². The van der Waals surface area contributed by atoms with E-state index in [9.17, 15) is 0 Å². The van der Waals surface area contributed by atoms with Crippen LogP contribution in [0.4, 0.5) is 11.6 Å². The van der Waals surface area contributed by atoms with Crippen molar-refractivity contribution >= 4 is 11.6 Å². The fraction of sp³-hybridized carbons (Fsp3) is 0.600. The van der Waals surface area contributed by atoms with Gasteiger partial charge in [-0.1, -0.05) is 0 Å². The molecule has 0 fully saturated rings. The number of anilines is 2. The van der Waals surface area contributed by atoms with E-state index in [0.29, 0.717) is 11.9 Å². The molecular weight excluding hydrogens is 204 g/mol. The smallest absolute Gasteiger partial charge is 0.145 e. The lowest BCUT2D eigenvalue weighted by atomic mass is 10.3. The molecule has 1 aromatic heterocycles. The fourth-order valence-electron chi connectivity index (χ4n) is 1.15. The zero-order valence-electron chi connectivity index (χ0n) is 10.1. The van der Waals surface area contributed by atoms with Crippen molar-refractivity contribution in [1.29, 1.82) is 0 Å². The summed E-state index contributed by atoms with van der Waals surface area (Å²) in [5.74, 6) is 6.64. The Balaban J connectivity index is 2.37. The maximum absolute atomic E-state index is 5.26. The molecule has 0 aliphatic rings. The summed E-state index contributed by atoms with van der Waals surface area (Å²) in [6.45, 7) is 6.14. The van der Waals surface area contributed by atoms with Gasteiger partial charge in [0.25, 0.3) is 0 Å². The largest absolute Gasteiger partial charge is 0.369 e. The van der Waals surface area contributed by atoms with Crippen molar-refractivity contribution in [3.63, 3.8) is 0 Å². The summed E-state index contributed by atoms with van der Waals surface area (Å²) in [4.78, 5) is 10.3. The molecule has 0 aliphatic carbocycles. The number of nitrogens with two attached hydrogens (primary N) is 1. The standard InChI is InChI=1S/C10H20N6/c1-8(2)16(3)5-4-12-9-6-10(15-11)14-7-13-9/h6-8H,4-5,11H2,1-3H3,(H2,12,13,14,15). The van der Waals surface area contributed by atoms with Crippen LogP contribution in [0.2, 0.25) is 0 Å². The highest BCUT2D eigenvalue weighted by Crippen LogP contribution is 2.06. The first-order valence-electron chi connectivity index (χ1n) is 5.36. The second kappa shape index (κ2) is 6.24. The Morgan fingerprint density at radius 1 is 1.38 bits per heavy atom. The van der Waals surface area contributed by atoms with Crippen LogP contribution in [-0.2, 0) is 0 Å². The van der Waals surface area contributed by atoms with Gasteiger partial charge in [0.2, 0.25) is 0 Å². The normalized spacial score (nSPS) is 10.9. The van der Waals surface area contributed by atoms with E-state index in [-0.39, 0.29) is 0 Å². The molecule has 4 N–H and O–H groups in total. The van der Waals surface area contributed by atoms with Gasteiger partial charge < -0.3 is 15.6 Å². The quantitative estimate of drug-likeness (QED) is 0.483. The van der Waals surface area contributed by atoms with Gasteiger partial charge in [-0.25, -0.2) is 15.8 Å². The van der Waals surface area contributed by atoms with Gasteiger partial charge in [-0.05, 0) is 20.9 Å². The minimum Gasteiger partial charge on any atom is -0.369 e. The van der Waals surface area contributed by atoms with Crippen molar-refractivity contribution in [3.8, 4) is 0 Å². The molecule has 6 nitrogen and oxygen atoms in total. The van der Waals surface area contributed by atoms with Crippen LogP contribution in [0.15, 0.2) is 12.4 Å². The van der Waals surface area contributed by atoms with E-state index in [1.54, 1.807) is 6.07 Å². The topological polar surface area (TPSA) is 79.1 Å². The molecule has 1 rings (SSSR count). The number of nitrogens with zero attached hydrogens (tertiary/aromatic N) is 3. The number of hydrogen-bond acceptors (Lipinski definition) is 6. The Morgan fingerprint density at radius 3 is 2.69 bits per heavy atom. The first-order chi connectivity index (χ1) is 7.63. The molecule has 90 valence electrons. The number of hydrogen-bond donors (Lipinski definition) is 3. The molecule has 1 heterocycles. The summed E-state index contributed by atoms with van der Waals surface area (Å²) < 4.78 is 0. The number of nitrogen functional groups attached to an aromatic ring is 1. The Kier molecular flexibility index (Phi) is 4.94. The van der Waals surface area contributed by atoms with Crippen molar-refractivity contribution in [2.45, 2.75) is 19.9 Å². The molecule has 0 amide bonds. The van der Waals surface area contributed by atoms with E-state index < -0.39 is 0 Å². The average Bonchev–Trinajstić information content (AvgIpc) is 2.29. The van der Waals surface area contributed by atoms with E-state index in [0.717, 1.165) is 18.9 Å². The van der Waals surface area contributed by atoms with Gasteiger partial charge in [-0.2, -0.15) is 0 Å². The monoisotopic (exact) mass is 224 g/mol. The average molecular weight is 224 g/mol. The van der Waals surface area contributed by atoms with Crippen molar-refractivity contribution < 1.29 is 0 Å². The van der Waals surface area contributed by atoms with Gasteiger partial charge in [0.05, 0.1) is 0 Å². The Labute approximate surface area is 96.2 Å². The predicted molar refractivity (Wildman–Crippen MR) is 66.1 cm³/mol.